The summed E-state index contributed by atoms with van der Waals surface area (Å²) in [7, 11) is 1.93. The van der Waals surface area contributed by atoms with E-state index in [-0.39, 0.29) is 24.6 Å². The zero-order chi connectivity index (χ0) is 15.7. The van der Waals surface area contributed by atoms with Gasteiger partial charge in [0.1, 0.15) is 6.04 Å². The second-order valence-corrected chi connectivity index (χ2v) is 5.76. The molecule has 3 N–H and O–H groups in total. The highest BCUT2D eigenvalue weighted by atomic mass is 16.3. The molecule has 0 saturated heterocycles. The summed E-state index contributed by atoms with van der Waals surface area (Å²) in [5.41, 5.74) is 3.17. The fraction of sp³-hybridized carbons (Fsp3) is 0.353. The van der Waals surface area contributed by atoms with Crippen molar-refractivity contribution >= 4 is 22.5 Å². The summed E-state index contributed by atoms with van der Waals surface area (Å²) in [5, 5.41) is 13.7. The molecule has 0 spiro atoms. The Morgan fingerprint density at radius 1 is 1.50 bits per heavy atom. The number of aromatic nitrogens is 1. The topological polar surface area (TPSA) is 68.4 Å². The standard InChI is InChI=1S/C17H21N3O2/c1-3-5-15-17(22)19-12(10-21)8-11-9-18-13-6-4-7-14(16(11)13)20(15)2/h3-4,6-7,9,12,15,18,21H,1,5,8,10H2,2H3,(H,19,22)/t12-,15-/m0/s1. The number of aliphatic hydroxyl groups excluding tert-OH is 1. The molecular formula is C17H21N3O2. The number of nitrogens with one attached hydrogen (secondary N) is 2. The first-order valence-electron chi connectivity index (χ1n) is 7.49. The zero-order valence-electron chi connectivity index (χ0n) is 12.7. The lowest BCUT2D eigenvalue weighted by molar-refractivity contribution is -0.123. The van der Waals surface area contributed by atoms with Crippen LogP contribution < -0.4 is 10.2 Å². The summed E-state index contributed by atoms with van der Waals surface area (Å²) in [6.07, 6.45) is 4.87. The van der Waals surface area contributed by atoms with Crippen molar-refractivity contribution in [1.29, 1.82) is 0 Å². The molecule has 1 aromatic carbocycles. The molecule has 0 saturated carbocycles. The molecule has 0 bridgehead atoms. The minimum absolute atomic E-state index is 0.0763. The first-order chi connectivity index (χ1) is 10.7. The van der Waals surface area contributed by atoms with Crippen LogP contribution in [0.4, 0.5) is 5.69 Å². The normalized spacial score (nSPS) is 21.9. The fourth-order valence-corrected chi connectivity index (χ4v) is 3.18. The number of aromatic amines is 1. The molecule has 0 radical (unpaired) electrons. The molecule has 1 aromatic heterocycles. The Morgan fingerprint density at radius 3 is 3.05 bits per heavy atom. The van der Waals surface area contributed by atoms with Crippen molar-refractivity contribution in [2.45, 2.75) is 24.9 Å². The van der Waals surface area contributed by atoms with E-state index in [1.807, 2.05) is 36.3 Å². The lowest BCUT2D eigenvalue weighted by Gasteiger charge is -2.29. The largest absolute Gasteiger partial charge is 0.394 e. The summed E-state index contributed by atoms with van der Waals surface area (Å²) in [6.45, 7) is 3.68. The summed E-state index contributed by atoms with van der Waals surface area (Å²) in [4.78, 5) is 17.8. The monoisotopic (exact) mass is 299 g/mol. The van der Waals surface area contributed by atoms with Gasteiger partial charge in [-0.15, -0.1) is 6.58 Å². The maximum atomic E-state index is 12.6. The van der Waals surface area contributed by atoms with E-state index in [1.165, 1.54) is 0 Å². The number of rotatable bonds is 3. The Labute approximate surface area is 129 Å². The molecule has 0 fully saturated rings. The van der Waals surface area contributed by atoms with Crippen LogP contribution in [0.3, 0.4) is 0 Å². The number of likely N-dealkylation sites (N-methyl/N-ethyl adjacent to an activating group) is 1. The predicted octanol–water partition coefficient (Wildman–Crippen LogP) is 1.58. The molecule has 22 heavy (non-hydrogen) atoms. The van der Waals surface area contributed by atoms with Gasteiger partial charge in [0.05, 0.1) is 12.6 Å². The molecule has 2 heterocycles. The van der Waals surface area contributed by atoms with E-state index < -0.39 is 0 Å². The van der Waals surface area contributed by atoms with E-state index in [9.17, 15) is 9.90 Å². The van der Waals surface area contributed by atoms with Crippen LogP contribution in [0.2, 0.25) is 0 Å². The average Bonchev–Trinajstić information content (AvgIpc) is 2.94. The average molecular weight is 299 g/mol. The molecular weight excluding hydrogens is 278 g/mol. The third-order valence-electron chi connectivity index (χ3n) is 4.34. The van der Waals surface area contributed by atoms with Crippen LogP contribution in [-0.2, 0) is 11.2 Å². The minimum atomic E-state index is -0.335. The lowest BCUT2D eigenvalue weighted by atomic mass is 10.0. The Kier molecular flexibility index (Phi) is 3.90. The number of anilines is 1. The maximum absolute atomic E-state index is 12.6. The highest BCUT2D eigenvalue weighted by molar-refractivity contribution is 5.98. The van der Waals surface area contributed by atoms with Gasteiger partial charge < -0.3 is 20.3 Å². The van der Waals surface area contributed by atoms with Gasteiger partial charge in [0.15, 0.2) is 0 Å². The van der Waals surface area contributed by atoms with Gasteiger partial charge >= 0.3 is 0 Å². The van der Waals surface area contributed by atoms with Crippen molar-refractivity contribution in [3.05, 3.63) is 42.6 Å². The molecule has 1 aliphatic rings. The van der Waals surface area contributed by atoms with Gasteiger partial charge in [0.2, 0.25) is 5.91 Å². The number of nitrogens with zero attached hydrogens (tertiary/aromatic N) is 1. The van der Waals surface area contributed by atoms with Crippen molar-refractivity contribution in [2.24, 2.45) is 0 Å². The van der Waals surface area contributed by atoms with Crippen LogP contribution in [0.25, 0.3) is 10.9 Å². The molecule has 1 aliphatic heterocycles. The van der Waals surface area contributed by atoms with Gasteiger partial charge in [0, 0.05) is 29.8 Å². The molecule has 0 aliphatic carbocycles. The van der Waals surface area contributed by atoms with E-state index in [4.69, 9.17) is 0 Å². The molecule has 5 nitrogen and oxygen atoms in total. The van der Waals surface area contributed by atoms with Gasteiger partial charge in [-0.2, -0.15) is 0 Å². The second-order valence-electron chi connectivity index (χ2n) is 5.76. The van der Waals surface area contributed by atoms with Crippen molar-refractivity contribution in [2.75, 3.05) is 18.6 Å². The van der Waals surface area contributed by atoms with Crippen LogP contribution in [-0.4, -0.2) is 41.7 Å². The number of carbonyl (C=O) groups excluding carboxylic acids is 1. The number of carbonyl (C=O) groups is 1. The molecule has 0 unspecified atom stereocenters. The smallest absolute Gasteiger partial charge is 0.243 e. The van der Waals surface area contributed by atoms with Crippen LogP contribution in [0.5, 0.6) is 0 Å². The summed E-state index contributed by atoms with van der Waals surface area (Å²) >= 11 is 0. The second kappa shape index (κ2) is 5.85. The number of benzene rings is 1. The Hall–Kier alpha value is -2.27. The van der Waals surface area contributed by atoms with Crippen molar-refractivity contribution in [1.82, 2.24) is 10.3 Å². The van der Waals surface area contributed by atoms with Crippen LogP contribution in [0, 0.1) is 0 Å². The van der Waals surface area contributed by atoms with E-state index in [0.717, 1.165) is 22.2 Å². The molecule has 2 aromatic rings. The van der Waals surface area contributed by atoms with Crippen molar-refractivity contribution in [3.63, 3.8) is 0 Å². The van der Waals surface area contributed by atoms with Gasteiger partial charge in [-0.3, -0.25) is 4.79 Å². The Bertz CT molecular complexity index is 707. The fourth-order valence-electron chi connectivity index (χ4n) is 3.18. The summed E-state index contributed by atoms with van der Waals surface area (Å²) < 4.78 is 0. The van der Waals surface area contributed by atoms with E-state index >= 15 is 0 Å². The molecule has 1 amide bonds. The van der Waals surface area contributed by atoms with Gasteiger partial charge in [-0.1, -0.05) is 12.1 Å². The third kappa shape index (κ3) is 2.37. The summed E-state index contributed by atoms with van der Waals surface area (Å²) in [6, 6.07) is 5.43. The molecule has 5 heteroatoms. The Morgan fingerprint density at radius 2 is 2.32 bits per heavy atom. The SMILES string of the molecule is C=CC[C@H]1C(=O)N[C@H](CO)Cc2c[nH]c3cccc(c23)N1C. The molecule has 2 atom stereocenters. The van der Waals surface area contributed by atoms with E-state index in [2.05, 4.69) is 16.9 Å². The van der Waals surface area contributed by atoms with Crippen molar-refractivity contribution < 1.29 is 9.90 Å². The quantitative estimate of drug-likeness (QED) is 0.754. The lowest BCUT2D eigenvalue weighted by Crippen LogP contribution is -2.49. The first kappa shape index (κ1) is 14.7. The number of hydrogen-bond acceptors (Lipinski definition) is 3. The molecule has 116 valence electrons. The molecule has 3 rings (SSSR count). The van der Waals surface area contributed by atoms with Crippen LogP contribution in [0.1, 0.15) is 12.0 Å². The summed E-state index contributed by atoms with van der Waals surface area (Å²) in [5.74, 6) is -0.0763. The number of H-pyrrole nitrogens is 1. The van der Waals surface area contributed by atoms with Crippen LogP contribution in [0.15, 0.2) is 37.1 Å². The van der Waals surface area contributed by atoms with E-state index in [0.29, 0.717) is 12.8 Å². The van der Waals surface area contributed by atoms with Gasteiger partial charge in [-0.25, -0.2) is 0 Å². The number of amides is 1. The third-order valence-corrected chi connectivity index (χ3v) is 4.34. The zero-order valence-corrected chi connectivity index (χ0v) is 12.7. The minimum Gasteiger partial charge on any atom is -0.394 e. The van der Waals surface area contributed by atoms with Crippen molar-refractivity contribution in [3.8, 4) is 0 Å². The Balaban J connectivity index is 2.18. The number of hydrogen-bond donors (Lipinski definition) is 3. The highest BCUT2D eigenvalue weighted by Gasteiger charge is 2.28. The van der Waals surface area contributed by atoms with Gasteiger partial charge in [-0.05, 0) is 30.5 Å². The van der Waals surface area contributed by atoms with Crippen LogP contribution >= 0.6 is 0 Å². The van der Waals surface area contributed by atoms with Gasteiger partial charge in [0.25, 0.3) is 0 Å². The first-order valence-corrected chi connectivity index (χ1v) is 7.49. The predicted molar refractivity (Wildman–Crippen MR) is 88.0 cm³/mol. The highest BCUT2D eigenvalue weighted by Crippen LogP contribution is 2.32. The number of aliphatic hydroxyl groups is 1. The maximum Gasteiger partial charge on any atom is 0.243 e. The van der Waals surface area contributed by atoms with E-state index in [1.54, 1.807) is 6.08 Å².